The number of ether oxygens (including phenoxy) is 1. The van der Waals surface area contributed by atoms with Gasteiger partial charge in [0, 0.05) is 17.7 Å². The average molecular weight is 304 g/mol. The van der Waals surface area contributed by atoms with Gasteiger partial charge < -0.3 is 4.74 Å². The molecule has 2 rings (SSSR count). The molecule has 21 heavy (non-hydrogen) atoms. The van der Waals surface area contributed by atoms with Gasteiger partial charge in [-0.1, -0.05) is 11.6 Å². The Morgan fingerprint density at radius 3 is 2.62 bits per heavy atom. The van der Waals surface area contributed by atoms with Gasteiger partial charge in [0.25, 0.3) is 5.69 Å². The summed E-state index contributed by atoms with van der Waals surface area (Å²) >= 11 is 5.80. The molecule has 0 saturated carbocycles. The summed E-state index contributed by atoms with van der Waals surface area (Å²) in [6.45, 7) is 3.31. The van der Waals surface area contributed by atoms with Crippen molar-refractivity contribution >= 4 is 17.3 Å². The molecule has 0 unspecified atom stereocenters. The molecular formula is C14H10ClN3O3. The standard InChI is InChI=1S/C14H10ClN3O3/c1-8-4-12(9(2)3-11(8)18(19)20)21-14-6-10(7-16)5-13(15)17-14/h3-6H,1-2H3. The summed E-state index contributed by atoms with van der Waals surface area (Å²) in [5, 5.41) is 19.9. The van der Waals surface area contributed by atoms with Gasteiger partial charge in [-0.2, -0.15) is 5.26 Å². The number of hydrogen-bond acceptors (Lipinski definition) is 5. The fourth-order valence-corrected chi connectivity index (χ4v) is 1.98. The molecule has 1 heterocycles. The van der Waals surface area contributed by atoms with Crippen LogP contribution in [0.1, 0.15) is 16.7 Å². The van der Waals surface area contributed by atoms with Gasteiger partial charge in [0.2, 0.25) is 5.88 Å². The van der Waals surface area contributed by atoms with Crippen LogP contribution in [0.2, 0.25) is 5.15 Å². The van der Waals surface area contributed by atoms with Gasteiger partial charge in [0.15, 0.2) is 0 Å². The number of nitro groups is 1. The Kier molecular flexibility index (Phi) is 4.05. The number of pyridine rings is 1. The van der Waals surface area contributed by atoms with Gasteiger partial charge in [0.1, 0.15) is 10.9 Å². The SMILES string of the molecule is Cc1cc([N+](=O)[O-])c(C)cc1Oc1cc(C#N)cc(Cl)n1. The van der Waals surface area contributed by atoms with Crippen molar-refractivity contribution in [1.29, 1.82) is 5.26 Å². The quantitative estimate of drug-likeness (QED) is 0.487. The van der Waals surface area contributed by atoms with Gasteiger partial charge >= 0.3 is 0 Å². The van der Waals surface area contributed by atoms with Crippen molar-refractivity contribution in [2.45, 2.75) is 13.8 Å². The highest BCUT2D eigenvalue weighted by Crippen LogP contribution is 2.31. The van der Waals surface area contributed by atoms with E-state index in [1.54, 1.807) is 19.9 Å². The van der Waals surface area contributed by atoms with Crippen molar-refractivity contribution in [3.8, 4) is 17.7 Å². The number of aryl methyl sites for hydroxylation is 2. The predicted molar refractivity (Wildman–Crippen MR) is 76.6 cm³/mol. The number of benzene rings is 1. The van der Waals surface area contributed by atoms with E-state index >= 15 is 0 Å². The number of nitrogens with zero attached hydrogens (tertiary/aromatic N) is 3. The Morgan fingerprint density at radius 1 is 1.29 bits per heavy atom. The number of aromatic nitrogens is 1. The first-order valence-electron chi connectivity index (χ1n) is 5.92. The van der Waals surface area contributed by atoms with Crippen LogP contribution in [0.25, 0.3) is 0 Å². The molecule has 0 aliphatic carbocycles. The first kappa shape index (κ1) is 14.8. The van der Waals surface area contributed by atoms with Gasteiger partial charge in [-0.15, -0.1) is 0 Å². The second-order valence-corrected chi connectivity index (χ2v) is 4.78. The molecule has 106 valence electrons. The smallest absolute Gasteiger partial charge is 0.272 e. The second kappa shape index (κ2) is 5.77. The van der Waals surface area contributed by atoms with E-state index in [9.17, 15) is 10.1 Å². The Morgan fingerprint density at radius 2 is 2.00 bits per heavy atom. The van der Waals surface area contributed by atoms with E-state index in [0.29, 0.717) is 22.4 Å². The van der Waals surface area contributed by atoms with Crippen LogP contribution >= 0.6 is 11.6 Å². The minimum Gasteiger partial charge on any atom is -0.439 e. The Bertz CT molecular complexity index is 769. The molecule has 0 aliphatic heterocycles. The highest BCUT2D eigenvalue weighted by molar-refractivity contribution is 6.29. The molecule has 0 bridgehead atoms. The zero-order chi connectivity index (χ0) is 15.6. The molecule has 1 aromatic heterocycles. The topological polar surface area (TPSA) is 89.0 Å². The third kappa shape index (κ3) is 3.27. The highest BCUT2D eigenvalue weighted by atomic mass is 35.5. The number of hydrogen-bond donors (Lipinski definition) is 0. The molecule has 0 fully saturated rings. The van der Waals surface area contributed by atoms with Crippen molar-refractivity contribution in [3.63, 3.8) is 0 Å². The number of nitro benzene ring substituents is 1. The van der Waals surface area contributed by atoms with Crippen LogP contribution in [0.4, 0.5) is 5.69 Å². The molecule has 0 atom stereocenters. The molecule has 0 aliphatic rings. The lowest BCUT2D eigenvalue weighted by Gasteiger charge is -2.09. The monoisotopic (exact) mass is 303 g/mol. The van der Waals surface area contributed by atoms with Crippen molar-refractivity contribution in [1.82, 2.24) is 4.98 Å². The summed E-state index contributed by atoms with van der Waals surface area (Å²) in [5.74, 6) is 0.590. The normalized spacial score (nSPS) is 10.0. The number of halogens is 1. The fraction of sp³-hybridized carbons (Fsp3) is 0.143. The first-order chi connectivity index (χ1) is 9.90. The van der Waals surface area contributed by atoms with E-state index in [1.165, 1.54) is 18.2 Å². The van der Waals surface area contributed by atoms with E-state index in [1.807, 2.05) is 6.07 Å². The molecule has 6 nitrogen and oxygen atoms in total. The molecule has 0 spiro atoms. The second-order valence-electron chi connectivity index (χ2n) is 4.39. The third-order valence-electron chi connectivity index (χ3n) is 2.80. The summed E-state index contributed by atoms with van der Waals surface area (Å²) in [5.41, 5.74) is 1.41. The molecule has 7 heteroatoms. The van der Waals surface area contributed by atoms with Gasteiger partial charge in [-0.25, -0.2) is 4.98 Å². The van der Waals surface area contributed by atoms with Gasteiger partial charge in [0.05, 0.1) is 16.6 Å². The summed E-state index contributed by atoms with van der Waals surface area (Å²) in [4.78, 5) is 14.4. The van der Waals surface area contributed by atoms with E-state index < -0.39 is 4.92 Å². The average Bonchev–Trinajstić information content (AvgIpc) is 2.41. The molecule has 0 amide bonds. The Balaban J connectivity index is 2.41. The minimum absolute atomic E-state index is 0.0246. The highest BCUT2D eigenvalue weighted by Gasteiger charge is 2.15. The fourth-order valence-electron chi connectivity index (χ4n) is 1.78. The van der Waals surface area contributed by atoms with Crippen molar-refractivity contribution < 1.29 is 9.66 Å². The molecule has 0 radical (unpaired) electrons. The molecule has 0 saturated heterocycles. The van der Waals surface area contributed by atoms with Crippen LogP contribution in [-0.4, -0.2) is 9.91 Å². The summed E-state index contributed by atoms with van der Waals surface area (Å²) < 4.78 is 5.58. The Hall–Kier alpha value is -2.65. The summed E-state index contributed by atoms with van der Waals surface area (Å²) in [7, 11) is 0. The molecule has 2 aromatic rings. The third-order valence-corrected chi connectivity index (χ3v) is 3.00. The molecular weight excluding hydrogens is 294 g/mol. The van der Waals surface area contributed by atoms with Crippen LogP contribution in [0.15, 0.2) is 24.3 Å². The Labute approximate surface area is 125 Å². The summed E-state index contributed by atoms with van der Waals surface area (Å²) in [6, 6.07) is 7.80. The lowest BCUT2D eigenvalue weighted by Crippen LogP contribution is -1.96. The maximum Gasteiger partial charge on any atom is 0.272 e. The predicted octanol–water partition coefficient (Wildman–Crippen LogP) is 3.92. The maximum atomic E-state index is 10.9. The van der Waals surface area contributed by atoms with Crippen LogP contribution in [0, 0.1) is 35.3 Å². The number of rotatable bonds is 3. The van der Waals surface area contributed by atoms with Gasteiger partial charge in [-0.05, 0) is 31.5 Å². The van der Waals surface area contributed by atoms with Crippen molar-refractivity contribution in [2.75, 3.05) is 0 Å². The zero-order valence-corrected chi connectivity index (χ0v) is 12.0. The van der Waals surface area contributed by atoms with Gasteiger partial charge in [-0.3, -0.25) is 10.1 Å². The molecule has 0 N–H and O–H groups in total. The number of nitriles is 1. The van der Waals surface area contributed by atoms with E-state index in [4.69, 9.17) is 21.6 Å². The van der Waals surface area contributed by atoms with Crippen LogP contribution in [0.5, 0.6) is 11.6 Å². The zero-order valence-electron chi connectivity index (χ0n) is 11.3. The van der Waals surface area contributed by atoms with Crippen molar-refractivity contribution in [3.05, 3.63) is 56.2 Å². The first-order valence-corrected chi connectivity index (χ1v) is 6.29. The van der Waals surface area contributed by atoms with E-state index in [0.717, 1.165) is 0 Å². The maximum absolute atomic E-state index is 10.9. The van der Waals surface area contributed by atoms with Crippen LogP contribution < -0.4 is 4.74 Å². The minimum atomic E-state index is -0.447. The largest absolute Gasteiger partial charge is 0.439 e. The van der Waals surface area contributed by atoms with E-state index in [-0.39, 0.29) is 16.7 Å². The molecule has 1 aromatic carbocycles. The van der Waals surface area contributed by atoms with E-state index in [2.05, 4.69) is 4.98 Å². The van der Waals surface area contributed by atoms with Crippen LogP contribution in [-0.2, 0) is 0 Å². The van der Waals surface area contributed by atoms with Crippen LogP contribution in [0.3, 0.4) is 0 Å². The lowest BCUT2D eigenvalue weighted by atomic mass is 10.1. The van der Waals surface area contributed by atoms with Crippen molar-refractivity contribution in [2.24, 2.45) is 0 Å². The lowest BCUT2D eigenvalue weighted by molar-refractivity contribution is -0.385. The summed E-state index contributed by atoms with van der Waals surface area (Å²) in [6.07, 6.45) is 0.